The zero-order valence-electron chi connectivity index (χ0n) is 10.2. The Balaban J connectivity index is 3.13. The lowest BCUT2D eigenvalue weighted by Crippen LogP contribution is -2.27. The van der Waals surface area contributed by atoms with E-state index in [9.17, 15) is 14.9 Å². The Morgan fingerprint density at radius 2 is 2.17 bits per heavy atom. The van der Waals surface area contributed by atoms with Gasteiger partial charge in [0.1, 0.15) is 11.7 Å². The lowest BCUT2D eigenvalue weighted by atomic mass is 10.1. The van der Waals surface area contributed by atoms with Crippen molar-refractivity contribution in [3.8, 4) is 0 Å². The molecule has 7 heteroatoms. The van der Waals surface area contributed by atoms with Gasteiger partial charge in [-0.05, 0) is 26.0 Å². The van der Waals surface area contributed by atoms with Crippen molar-refractivity contribution in [1.29, 1.82) is 0 Å². The van der Waals surface area contributed by atoms with Crippen molar-refractivity contribution in [2.75, 3.05) is 12.4 Å². The summed E-state index contributed by atoms with van der Waals surface area (Å²) in [6, 6.07) is 2.58. The highest BCUT2D eigenvalue weighted by Gasteiger charge is 2.22. The SMILES string of the molecule is COC(=O)C(C)Nc1ccc(Br)c(C)c1[N+](=O)[O-]. The Kier molecular flexibility index (Phi) is 4.66. The van der Waals surface area contributed by atoms with Crippen LogP contribution in [0.2, 0.25) is 0 Å². The minimum absolute atomic E-state index is 0.0554. The van der Waals surface area contributed by atoms with Gasteiger partial charge in [0.15, 0.2) is 0 Å². The van der Waals surface area contributed by atoms with Gasteiger partial charge in [-0.2, -0.15) is 0 Å². The zero-order valence-corrected chi connectivity index (χ0v) is 11.8. The number of methoxy groups -OCH3 is 1. The van der Waals surface area contributed by atoms with E-state index in [4.69, 9.17) is 0 Å². The molecular weight excluding hydrogens is 304 g/mol. The van der Waals surface area contributed by atoms with Gasteiger partial charge in [-0.15, -0.1) is 0 Å². The van der Waals surface area contributed by atoms with Crippen LogP contribution < -0.4 is 5.32 Å². The van der Waals surface area contributed by atoms with E-state index in [1.54, 1.807) is 26.0 Å². The second-order valence-electron chi connectivity index (χ2n) is 3.71. The predicted molar refractivity (Wildman–Crippen MR) is 70.6 cm³/mol. The van der Waals surface area contributed by atoms with E-state index >= 15 is 0 Å². The van der Waals surface area contributed by atoms with Crippen LogP contribution in [-0.4, -0.2) is 24.0 Å². The smallest absolute Gasteiger partial charge is 0.327 e. The number of anilines is 1. The molecule has 0 saturated heterocycles. The van der Waals surface area contributed by atoms with E-state index in [0.717, 1.165) is 0 Å². The fraction of sp³-hybridized carbons (Fsp3) is 0.364. The van der Waals surface area contributed by atoms with Gasteiger partial charge < -0.3 is 10.1 Å². The minimum atomic E-state index is -0.658. The van der Waals surface area contributed by atoms with Gasteiger partial charge in [-0.3, -0.25) is 10.1 Å². The Labute approximate surface area is 113 Å². The summed E-state index contributed by atoms with van der Waals surface area (Å²) in [6.07, 6.45) is 0. The molecule has 1 rings (SSSR count). The Bertz CT molecular complexity index is 490. The number of carbonyl (C=O) groups is 1. The van der Waals surface area contributed by atoms with E-state index in [0.29, 0.717) is 15.7 Å². The maximum absolute atomic E-state index is 11.3. The van der Waals surface area contributed by atoms with Crippen molar-refractivity contribution in [1.82, 2.24) is 0 Å². The summed E-state index contributed by atoms with van der Waals surface area (Å²) >= 11 is 3.23. The Morgan fingerprint density at radius 1 is 1.56 bits per heavy atom. The van der Waals surface area contributed by atoms with Gasteiger partial charge >= 0.3 is 5.97 Å². The van der Waals surface area contributed by atoms with E-state index in [-0.39, 0.29) is 5.69 Å². The number of nitro benzene ring substituents is 1. The first kappa shape index (κ1) is 14.4. The number of halogens is 1. The molecule has 0 radical (unpaired) electrons. The van der Waals surface area contributed by atoms with Gasteiger partial charge in [0.05, 0.1) is 12.0 Å². The second kappa shape index (κ2) is 5.81. The first-order valence-corrected chi connectivity index (χ1v) is 5.95. The van der Waals surface area contributed by atoms with E-state index in [2.05, 4.69) is 26.0 Å². The monoisotopic (exact) mass is 316 g/mol. The zero-order chi connectivity index (χ0) is 13.9. The average Bonchev–Trinajstić information content (AvgIpc) is 2.32. The van der Waals surface area contributed by atoms with Crippen molar-refractivity contribution in [3.05, 3.63) is 32.3 Å². The predicted octanol–water partition coefficient (Wildman–Crippen LogP) is 2.64. The normalized spacial score (nSPS) is 11.8. The van der Waals surface area contributed by atoms with Crippen LogP contribution >= 0.6 is 15.9 Å². The lowest BCUT2D eigenvalue weighted by Gasteiger charge is -2.14. The highest BCUT2D eigenvalue weighted by molar-refractivity contribution is 9.10. The third-order valence-electron chi connectivity index (χ3n) is 2.47. The maximum Gasteiger partial charge on any atom is 0.327 e. The van der Waals surface area contributed by atoms with Gasteiger partial charge in [-0.25, -0.2) is 4.79 Å². The summed E-state index contributed by atoms with van der Waals surface area (Å²) in [7, 11) is 1.27. The van der Waals surface area contributed by atoms with Crippen LogP contribution in [0.3, 0.4) is 0 Å². The number of nitrogens with one attached hydrogen (secondary N) is 1. The van der Waals surface area contributed by atoms with Crippen LogP contribution in [0.15, 0.2) is 16.6 Å². The Morgan fingerprint density at radius 3 is 2.67 bits per heavy atom. The van der Waals surface area contributed by atoms with Crippen LogP contribution in [0, 0.1) is 17.0 Å². The number of esters is 1. The molecule has 1 unspecified atom stereocenters. The van der Waals surface area contributed by atoms with Gasteiger partial charge in [-0.1, -0.05) is 15.9 Å². The molecule has 0 amide bonds. The molecule has 0 fully saturated rings. The standard InChI is InChI=1S/C11H13BrN2O4/c1-6-8(12)4-5-9(10(6)14(16)17)13-7(2)11(15)18-3/h4-5,7,13H,1-3H3. The van der Waals surface area contributed by atoms with Crippen LogP contribution in [-0.2, 0) is 9.53 Å². The third kappa shape index (κ3) is 2.98. The molecule has 1 aromatic carbocycles. The summed E-state index contributed by atoms with van der Waals surface area (Å²) in [5.74, 6) is -0.482. The molecular formula is C11H13BrN2O4. The van der Waals surface area contributed by atoms with Crippen LogP contribution in [0.5, 0.6) is 0 Å². The number of benzene rings is 1. The molecule has 98 valence electrons. The van der Waals surface area contributed by atoms with E-state index in [1.807, 2.05) is 0 Å². The van der Waals surface area contributed by atoms with Crippen molar-refractivity contribution >= 4 is 33.3 Å². The summed E-state index contributed by atoms with van der Waals surface area (Å²) in [5, 5.41) is 13.8. The molecule has 0 spiro atoms. The van der Waals surface area contributed by atoms with E-state index < -0.39 is 16.9 Å². The fourth-order valence-electron chi connectivity index (χ4n) is 1.50. The number of hydrogen-bond acceptors (Lipinski definition) is 5. The molecule has 1 atom stereocenters. The van der Waals surface area contributed by atoms with Crippen molar-refractivity contribution in [2.24, 2.45) is 0 Å². The van der Waals surface area contributed by atoms with Crippen LogP contribution in [0.1, 0.15) is 12.5 Å². The van der Waals surface area contributed by atoms with E-state index in [1.165, 1.54) is 7.11 Å². The van der Waals surface area contributed by atoms with Crippen LogP contribution in [0.4, 0.5) is 11.4 Å². The summed E-state index contributed by atoms with van der Waals surface area (Å²) in [6.45, 7) is 3.21. The number of hydrogen-bond donors (Lipinski definition) is 1. The summed E-state index contributed by atoms with van der Waals surface area (Å²) in [5.41, 5.74) is 0.737. The minimum Gasteiger partial charge on any atom is -0.467 e. The third-order valence-corrected chi connectivity index (χ3v) is 3.33. The molecule has 0 aliphatic carbocycles. The highest BCUT2D eigenvalue weighted by Crippen LogP contribution is 2.33. The Hall–Kier alpha value is -1.63. The van der Waals surface area contributed by atoms with Crippen molar-refractivity contribution < 1.29 is 14.5 Å². The van der Waals surface area contributed by atoms with Gasteiger partial charge in [0.25, 0.3) is 5.69 Å². The molecule has 0 saturated carbocycles. The molecule has 1 aromatic rings. The largest absolute Gasteiger partial charge is 0.467 e. The molecule has 0 aliphatic heterocycles. The summed E-state index contributed by atoms with van der Waals surface area (Å²) < 4.78 is 5.20. The molecule has 18 heavy (non-hydrogen) atoms. The quantitative estimate of drug-likeness (QED) is 0.524. The molecule has 0 bridgehead atoms. The maximum atomic E-state index is 11.3. The molecule has 0 aliphatic rings. The number of ether oxygens (including phenoxy) is 1. The average molecular weight is 317 g/mol. The number of nitro groups is 1. The first-order chi connectivity index (χ1) is 8.38. The van der Waals surface area contributed by atoms with Crippen molar-refractivity contribution in [3.63, 3.8) is 0 Å². The van der Waals surface area contributed by atoms with Crippen LogP contribution in [0.25, 0.3) is 0 Å². The topological polar surface area (TPSA) is 81.5 Å². The molecule has 0 heterocycles. The van der Waals surface area contributed by atoms with Gasteiger partial charge in [0.2, 0.25) is 0 Å². The molecule has 6 nitrogen and oxygen atoms in total. The number of rotatable bonds is 4. The first-order valence-electron chi connectivity index (χ1n) is 5.16. The van der Waals surface area contributed by atoms with Crippen molar-refractivity contribution in [2.45, 2.75) is 19.9 Å². The molecule has 0 aromatic heterocycles. The second-order valence-corrected chi connectivity index (χ2v) is 4.57. The number of nitrogens with zero attached hydrogens (tertiary/aromatic N) is 1. The highest BCUT2D eigenvalue weighted by atomic mass is 79.9. The summed E-state index contributed by atoms with van der Waals surface area (Å²) in [4.78, 5) is 21.8. The number of carbonyl (C=O) groups excluding carboxylic acids is 1. The molecule has 1 N–H and O–H groups in total. The fourth-order valence-corrected chi connectivity index (χ4v) is 1.82. The lowest BCUT2D eigenvalue weighted by molar-refractivity contribution is -0.384. The van der Waals surface area contributed by atoms with Gasteiger partial charge in [0, 0.05) is 10.0 Å².